The molecule has 0 aliphatic heterocycles. The van der Waals surface area contributed by atoms with Gasteiger partial charge in [0.2, 0.25) is 0 Å². The standard InChI is InChI=1S/C21H23N5O/c22-19-18(20(23)25-14-24-19)26-21(27)17-12-10-16(11-13-17)9-5-4-8-15-6-2-1-3-7-15/h1-3,6-7,10-14H,4-5,8-9H2,(H,26,27)(H4,22,23,24,25). The lowest BCUT2D eigenvalue weighted by atomic mass is 10.0. The molecule has 138 valence electrons. The molecule has 0 aliphatic carbocycles. The summed E-state index contributed by atoms with van der Waals surface area (Å²) >= 11 is 0. The lowest BCUT2D eigenvalue weighted by molar-refractivity contribution is 0.102. The Morgan fingerprint density at radius 1 is 0.815 bits per heavy atom. The lowest BCUT2D eigenvalue weighted by Crippen LogP contribution is -2.16. The van der Waals surface area contributed by atoms with Gasteiger partial charge in [-0.15, -0.1) is 0 Å². The number of carbonyl (C=O) groups is 1. The SMILES string of the molecule is Nc1ncnc(N)c1NC(=O)c1ccc(CCCCc2ccccc2)cc1. The molecule has 3 aromatic rings. The predicted octanol–water partition coefficient (Wildman–Crippen LogP) is 3.46. The van der Waals surface area contributed by atoms with Crippen LogP contribution in [-0.4, -0.2) is 15.9 Å². The number of nitrogen functional groups attached to an aromatic ring is 2. The van der Waals surface area contributed by atoms with Crippen molar-refractivity contribution in [2.24, 2.45) is 0 Å². The van der Waals surface area contributed by atoms with Gasteiger partial charge in [-0.2, -0.15) is 0 Å². The van der Waals surface area contributed by atoms with Gasteiger partial charge >= 0.3 is 0 Å². The van der Waals surface area contributed by atoms with Crippen LogP contribution in [0.4, 0.5) is 17.3 Å². The second-order valence-electron chi connectivity index (χ2n) is 6.36. The molecule has 0 bridgehead atoms. The normalized spacial score (nSPS) is 10.5. The summed E-state index contributed by atoms with van der Waals surface area (Å²) in [5.74, 6) is -0.00407. The van der Waals surface area contributed by atoms with E-state index < -0.39 is 0 Å². The van der Waals surface area contributed by atoms with Crippen molar-refractivity contribution in [2.45, 2.75) is 25.7 Å². The molecule has 3 rings (SSSR count). The van der Waals surface area contributed by atoms with Gasteiger partial charge in [-0.1, -0.05) is 42.5 Å². The van der Waals surface area contributed by atoms with Crippen LogP contribution in [-0.2, 0) is 12.8 Å². The average molecular weight is 361 g/mol. The van der Waals surface area contributed by atoms with Gasteiger partial charge in [0.15, 0.2) is 11.6 Å². The second kappa shape index (κ2) is 8.80. The van der Waals surface area contributed by atoms with Gasteiger partial charge in [0, 0.05) is 5.56 Å². The van der Waals surface area contributed by atoms with Gasteiger partial charge < -0.3 is 16.8 Å². The smallest absolute Gasteiger partial charge is 0.255 e. The topological polar surface area (TPSA) is 107 Å². The van der Waals surface area contributed by atoms with Crippen LogP contribution >= 0.6 is 0 Å². The Morgan fingerprint density at radius 3 is 1.96 bits per heavy atom. The van der Waals surface area contributed by atoms with E-state index in [4.69, 9.17) is 11.5 Å². The maximum absolute atomic E-state index is 12.4. The first-order valence-electron chi connectivity index (χ1n) is 8.93. The van der Waals surface area contributed by atoms with E-state index in [-0.39, 0.29) is 23.2 Å². The molecule has 6 heteroatoms. The summed E-state index contributed by atoms with van der Waals surface area (Å²) in [4.78, 5) is 20.0. The van der Waals surface area contributed by atoms with Crippen molar-refractivity contribution in [3.63, 3.8) is 0 Å². The van der Waals surface area contributed by atoms with E-state index >= 15 is 0 Å². The van der Waals surface area contributed by atoms with E-state index in [0.717, 1.165) is 25.7 Å². The Balaban J connectivity index is 1.51. The fourth-order valence-electron chi connectivity index (χ4n) is 2.85. The summed E-state index contributed by atoms with van der Waals surface area (Å²) < 4.78 is 0. The quantitative estimate of drug-likeness (QED) is 0.559. The van der Waals surface area contributed by atoms with E-state index in [9.17, 15) is 4.79 Å². The Bertz CT molecular complexity index is 874. The van der Waals surface area contributed by atoms with Gasteiger partial charge in [0.05, 0.1) is 0 Å². The van der Waals surface area contributed by atoms with Crippen LogP contribution in [0.15, 0.2) is 60.9 Å². The number of nitrogens with one attached hydrogen (secondary N) is 1. The predicted molar refractivity (Wildman–Crippen MR) is 108 cm³/mol. The summed E-state index contributed by atoms with van der Waals surface area (Å²) in [6.45, 7) is 0. The number of amides is 1. The van der Waals surface area contributed by atoms with Crippen molar-refractivity contribution in [1.29, 1.82) is 0 Å². The maximum Gasteiger partial charge on any atom is 0.255 e. The number of aromatic nitrogens is 2. The minimum atomic E-state index is -0.293. The maximum atomic E-state index is 12.4. The number of carbonyl (C=O) groups excluding carboxylic acids is 1. The summed E-state index contributed by atoms with van der Waals surface area (Å²) in [7, 11) is 0. The van der Waals surface area contributed by atoms with Crippen molar-refractivity contribution in [2.75, 3.05) is 16.8 Å². The third-order valence-corrected chi connectivity index (χ3v) is 4.38. The zero-order valence-corrected chi connectivity index (χ0v) is 15.1. The fourth-order valence-corrected chi connectivity index (χ4v) is 2.85. The molecule has 0 saturated heterocycles. The lowest BCUT2D eigenvalue weighted by Gasteiger charge is -2.09. The molecule has 0 aliphatic rings. The zero-order valence-electron chi connectivity index (χ0n) is 15.1. The molecular formula is C21H23N5O. The van der Waals surface area contributed by atoms with E-state index in [1.807, 2.05) is 18.2 Å². The third-order valence-electron chi connectivity index (χ3n) is 4.38. The Kier molecular flexibility index (Phi) is 5.99. The van der Waals surface area contributed by atoms with E-state index in [0.29, 0.717) is 5.56 Å². The molecule has 27 heavy (non-hydrogen) atoms. The minimum absolute atomic E-state index is 0.144. The zero-order chi connectivity index (χ0) is 19.1. The highest BCUT2D eigenvalue weighted by Crippen LogP contribution is 2.21. The number of hydrogen-bond donors (Lipinski definition) is 3. The number of benzene rings is 2. The van der Waals surface area contributed by atoms with Crippen LogP contribution in [0.1, 0.15) is 34.3 Å². The molecule has 0 fully saturated rings. The molecule has 0 saturated carbocycles. The highest BCUT2D eigenvalue weighted by molar-refractivity contribution is 6.06. The van der Waals surface area contributed by atoms with Crippen LogP contribution < -0.4 is 16.8 Å². The van der Waals surface area contributed by atoms with Crippen LogP contribution in [0.25, 0.3) is 0 Å². The van der Waals surface area contributed by atoms with Gasteiger partial charge in [-0.3, -0.25) is 4.79 Å². The van der Waals surface area contributed by atoms with Crippen LogP contribution in [0.2, 0.25) is 0 Å². The monoisotopic (exact) mass is 361 g/mol. The van der Waals surface area contributed by atoms with Crippen molar-refractivity contribution in [1.82, 2.24) is 9.97 Å². The number of unbranched alkanes of at least 4 members (excludes halogenated alkanes) is 1. The van der Waals surface area contributed by atoms with E-state index in [1.165, 1.54) is 17.5 Å². The first kappa shape index (κ1) is 18.4. The molecule has 0 unspecified atom stereocenters. The number of rotatable bonds is 7. The average Bonchev–Trinajstić information content (AvgIpc) is 2.69. The van der Waals surface area contributed by atoms with E-state index in [2.05, 4.69) is 39.6 Å². The van der Waals surface area contributed by atoms with Gasteiger partial charge in [0.1, 0.15) is 12.0 Å². The molecule has 2 aromatic carbocycles. The summed E-state index contributed by atoms with van der Waals surface area (Å²) in [6.07, 6.45) is 5.57. The Morgan fingerprint density at radius 2 is 1.37 bits per heavy atom. The highest BCUT2D eigenvalue weighted by atomic mass is 16.1. The van der Waals surface area contributed by atoms with E-state index in [1.54, 1.807) is 12.1 Å². The number of nitrogens with zero attached hydrogens (tertiary/aromatic N) is 2. The van der Waals surface area contributed by atoms with Crippen LogP contribution in [0, 0.1) is 0 Å². The molecular weight excluding hydrogens is 338 g/mol. The van der Waals surface area contributed by atoms with Crippen LogP contribution in [0.3, 0.4) is 0 Å². The number of anilines is 3. The van der Waals surface area contributed by atoms with Gasteiger partial charge in [-0.05, 0) is 48.9 Å². The minimum Gasteiger partial charge on any atom is -0.382 e. The summed E-state index contributed by atoms with van der Waals surface area (Å²) in [5.41, 5.74) is 14.8. The van der Waals surface area contributed by atoms with Gasteiger partial charge in [-0.25, -0.2) is 9.97 Å². The molecule has 0 atom stereocenters. The molecule has 5 N–H and O–H groups in total. The fraction of sp³-hybridized carbons (Fsp3) is 0.190. The van der Waals surface area contributed by atoms with Gasteiger partial charge in [0.25, 0.3) is 5.91 Å². The van der Waals surface area contributed by atoms with Crippen molar-refractivity contribution in [3.05, 3.63) is 77.6 Å². The molecule has 1 heterocycles. The Hall–Kier alpha value is -3.41. The molecule has 6 nitrogen and oxygen atoms in total. The second-order valence-corrected chi connectivity index (χ2v) is 6.36. The van der Waals surface area contributed by atoms with Crippen LogP contribution in [0.5, 0.6) is 0 Å². The number of hydrogen-bond acceptors (Lipinski definition) is 5. The number of nitrogens with two attached hydrogens (primary N) is 2. The number of aryl methyl sites for hydroxylation is 2. The summed E-state index contributed by atoms with van der Waals surface area (Å²) in [5, 5.41) is 2.67. The first-order chi connectivity index (χ1) is 13.1. The first-order valence-corrected chi connectivity index (χ1v) is 8.93. The summed E-state index contributed by atoms with van der Waals surface area (Å²) in [6, 6.07) is 18.1. The van der Waals surface area contributed by atoms with Crippen molar-refractivity contribution < 1.29 is 4.79 Å². The molecule has 0 spiro atoms. The third kappa shape index (κ3) is 5.04. The molecule has 1 amide bonds. The van der Waals surface area contributed by atoms with Crippen molar-refractivity contribution in [3.8, 4) is 0 Å². The highest BCUT2D eigenvalue weighted by Gasteiger charge is 2.12. The molecule has 1 aromatic heterocycles. The van der Waals surface area contributed by atoms with Crippen molar-refractivity contribution >= 4 is 23.2 Å². The Labute approximate surface area is 158 Å². The molecule has 0 radical (unpaired) electrons. The largest absolute Gasteiger partial charge is 0.382 e.